The molecule has 0 atom stereocenters. The number of anilines is 2. The van der Waals surface area contributed by atoms with Crippen LogP contribution in [0.1, 0.15) is 5.56 Å². The third-order valence-corrected chi connectivity index (χ3v) is 3.60. The van der Waals surface area contributed by atoms with E-state index in [-0.39, 0.29) is 0 Å². The number of para-hydroxylation sites is 1. The lowest BCUT2D eigenvalue weighted by Crippen LogP contribution is -2.20. The Morgan fingerprint density at radius 3 is 2.68 bits per heavy atom. The number of pyridine rings is 1. The summed E-state index contributed by atoms with van der Waals surface area (Å²) in [5, 5.41) is 6.85. The molecule has 0 aliphatic carbocycles. The van der Waals surface area contributed by atoms with Crippen LogP contribution in [0.15, 0.2) is 47.5 Å². The van der Waals surface area contributed by atoms with Gasteiger partial charge in [0.05, 0.1) is 5.69 Å². The van der Waals surface area contributed by atoms with E-state index >= 15 is 0 Å². The lowest BCUT2D eigenvalue weighted by Gasteiger charge is -2.13. The summed E-state index contributed by atoms with van der Waals surface area (Å²) >= 11 is 7.00. The Bertz CT molecular complexity index is 584. The van der Waals surface area contributed by atoms with Crippen LogP contribution in [0.3, 0.4) is 0 Å². The lowest BCUT2D eigenvalue weighted by atomic mass is 10.3. The van der Waals surface area contributed by atoms with Crippen molar-refractivity contribution in [3.63, 3.8) is 0 Å². The van der Waals surface area contributed by atoms with Crippen LogP contribution in [-0.4, -0.2) is 16.4 Å². The number of hydrogen-bond donors (Lipinski definition) is 2. The third-order valence-electron chi connectivity index (χ3n) is 2.60. The molecular weight excluding hydrogens is 274 g/mol. The highest BCUT2D eigenvalue weighted by Crippen LogP contribution is 2.24. The maximum atomic E-state index is 5.31. The number of rotatable bonds is 3. The fraction of sp³-hybridized carbons (Fsp3) is 0.143. The molecule has 98 valence electrons. The van der Waals surface area contributed by atoms with Crippen molar-refractivity contribution in [3.05, 3.63) is 48.2 Å². The van der Waals surface area contributed by atoms with E-state index in [4.69, 9.17) is 12.2 Å². The summed E-state index contributed by atoms with van der Waals surface area (Å²) < 4.78 is 0. The second-order valence-electron chi connectivity index (χ2n) is 3.95. The Labute approximate surface area is 122 Å². The zero-order valence-electron chi connectivity index (χ0n) is 10.8. The molecule has 1 heterocycles. The van der Waals surface area contributed by atoms with Gasteiger partial charge in [0, 0.05) is 11.1 Å². The Kier molecular flexibility index (Phi) is 4.76. The zero-order chi connectivity index (χ0) is 13.7. The molecule has 0 aliphatic heterocycles. The van der Waals surface area contributed by atoms with E-state index < -0.39 is 0 Å². The zero-order valence-corrected chi connectivity index (χ0v) is 12.4. The van der Waals surface area contributed by atoms with E-state index in [1.165, 1.54) is 0 Å². The quantitative estimate of drug-likeness (QED) is 0.661. The predicted molar refractivity (Wildman–Crippen MR) is 87.0 cm³/mol. The maximum absolute atomic E-state index is 5.31. The average molecular weight is 289 g/mol. The third kappa shape index (κ3) is 3.68. The SMILES string of the molecule is CSc1ccccc1NC(=S)Nc1ncccc1C. The highest BCUT2D eigenvalue weighted by molar-refractivity contribution is 7.98. The highest BCUT2D eigenvalue weighted by Gasteiger charge is 2.05. The largest absolute Gasteiger partial charge is 0.331 e. The Morgan fingerprint density at radius 1 is 1.16 bits per heavy atom. The van der Waals surface area contributed by atoms with E-state index in [2.05, 4.69) is 21.7 Å². The number of nitrogens with one attached hydrogen (secondary N) is 2. The van der Waals surface area contributed by atoms with Gasteiger partial charge in [-0.25, -0.2) is 4.98 Å². The Balaban J connectivity index is 2.08. The van der Waals surface area contributed by atoms with Gasteiger partial charge in [0.25, 0.3) is 0 Å². The molecule has 0 saturated carbocycles. The number of benzene rings is 1. The summed E-state index contributed by atoms with van der Waals surface area (Å²) in [6.45, 7) is 1.99. The van der Waals surface area contributed by atoms with Crippen molar-refractivity contribution in [2.24, 2.45) is 0 Å². The molecule has 19 heavy (non-hydrogen) atoms. The van der Waals surface area contributed by atoms with Gasteiger partial charge in [-0.3, -0.25) is 0 Å². The van der Waals surface area contributed by atoms with Crippen LogP contribution in [0.2, 0.25) is 0 Å². The first kappa shape index (κ1) is 13.8. The summed E-state index contributed by atoms with van der Waals surface area (Å²) in [5.74, 6) is 0.779. The number of thioether (sulfide) groups is 1. The van der Waals surface area contributed by atoms with E-state index in [0.717, 1.165) is 22.0 Å². The van der Waals surface area contributed by atoms with Crippen molar-refractivity contribution in [2.45, 2.75) is 11.8 Å². The summed E-state index contributed by atoms with van der Waals surface area (Å²) in [5.41, 5.74) is 2.06. The minimum atomic E-state index is 0.545. The number of aromatic nitrogens is 1. The molecule has 0 amide bonds. The van der Waals surface area contributed by atoms with Crippen LogP contribution in [0.4, 0.5) is 11.5 Å². The smallest absolute Gasteiger partial charge is 0.176 e. The van der Waals surface area contributed by atoms with Crippen LogP contribution < -0.4 is 10.6 Å². The fourth-order valence-corrected chi connectivity index (χ4v) is 2.39. The van der Waals surface area contributed by atoms with Gasteiger partial charge < -0.3 is 10.6 Å². The van der Waals surface area contributed by atoms with Gasteiger partial charge in [0.2, 0.25) is 0 Å². The molecule has 0 bridgehead atoms. The van der Waals surface area contributed by atoms with E-state index in [9.17, 15) is 0 Å². The van der Waals surface area contributed by atoms with Crippen LogP contribution in [0.5, 0.6) is 0 Å². The average Bonchev–Trinajstić information content (AvgIpc) is 2.42. The molecule has 5 heteroatoms. The molecule has 1 aromatic heterocycles. The van der Waals surface area contributed by atoms with Crippen LogP contribution in [0, 0.1) is 6.92 Å². The maximum Gasteiger partial charge on any atom is 0.176 e. The van der Waals surface area contributed by atoms with Crippen molar-refractivity contribution >= 4 is 40.6 Å². The van der Waals surface area contributed by atoms with Crippen LogP contribution >= 0.6 is 24.0 Å². The van der Waals surface area contributed by atoms with E-state index in [1.54, 1.807) is 18.0 Å². The molecule has 1 aromatic carbocycles. The van der Waals surface area contributed by atoms with E-state index in [1.807, 2.05) is 43.5 Å². The standard InChI is InChI=1S/C14H15N3S2/c1-10-6-5-9-15-13(10)17-14(18)16-11-7-3-4-8-12(11)19-2/h3-9H,1-2H3,(H2,15,16,17,18). The summed E-state index contributed by atoms with van der Waals surface area (Å²) in [4.78, 5) is 5.42. The lowest BCUT2D eigenvalue weighted by molar-refractivity contribution is 1.27. The highest BCUT2D eigenvalue weighted by atomic mass is 32.2. The van der Waals surface area contributed by atoms with Crippen molar-refractivity contribution in [3.8, 4) is 0 Å². The number of thiocarbonyl (C=S) groups is 1. The molecule has 0 radical (unpaired) electrons. The minimum Gasteiger partial charge on any atom is -0.331 e. The first-order valence-electron chi connectivity index (χ1n) is 5.83. The van der Waals surface area contributed by atoms with Gasteiger partial charge >= 0.3 is 0 Å². The first-order chi connectivity index (χ1) is 9.20. The van der Waals surface area contributed by atoms with Gasteiger partial charge in [0.15, 0.2) is 5.11 Å². The van der Waals surface area contributed by atoms with Crippen molar-refractivity contribution in [2.75, 3.05) is 16.9 Å². The Morgan fingerprint density at radius 2 is 1.95 bits per heavy atom. The summed E-state index contributed by atoms with van der Waals surface area (Å²) in [6, 6.07) is 12.0. The molecule has 2 rings (SSSR count). The number of hydrogen-bond acceptors (Lipinski definition) is 3. The summed E-state index contributed by atoms with van der Waals surface area (Å²) in [7, 11) is 0. The van der Waals surface area contributed by atoms with Crippen molar-refractivity contribution in [1.82, 2.24) is 4.98 Å². The minimum absolute atomic E-state index is 0.545. The van der Waals surface area contributed by atoms with Crippen LogP contribution in [-0.2, 0) is 0 Å². The second kappa shape index (κ2) is 6.54. The monoisotopic (exact) mass is 289 g/mol. The normalized spacial score (nSPS) is 10.0. The molecule has 0 spiro atoms. The van der Waals surface area contributed by atoms with Gasteiger partial charge in [-0.15, -0.1) is 11.8 Å². The molecule has 2 aromatic rings. The molecule has 3 nitrogen and oxygen atoms in total. The summed E-state index contributed by atoms with van der Waals surface area (Å²) in [6.07, 6.45) is 3.79. The van der Waals surface area contributed by atoms with Crippen LogP contribution in [0.25, 0.3) is 0 Å². The molecule has 0 fully saturated rings. The molecule has 0 unspecified atom stereocenters. The molecule has 0 aliphatic rings. The molecule has 0 saturated heterocycles. The van der Waals surface area contributed by atoms with Crippen molar-refractivity contribution in [1.29, 1.82) is 0 Å². The fourth-order valence-electron chi connectivity index (χ4n) is 1.63. The molecular formula is C14H15N3S2. The first-order valence-corrected chi connectivity index (χ1v) is 7.46. The Hall–Kier alpha value is -1.59. The van der Waals surface area contributed by atoms with Gasteiger partial charge in [-0.2, -0.15) is 0 Å². The number of aryl methyl sites for hydroxylation is 1. The topological polar surface area (TPSA) is 37.0 Å². The predicted octanol–water partition coefficient (Wildman–Crippen LogP) is 3.92. The molecule has 2 N–H and O–H groups in total. The second-order valence-corrected chi connectivity index (χ2v) is 5.20. The van der Waals surface area contributed by atoms with Gasteiger partial charge in [0.1, 0.15) is 5.82 Å². The van der Waals surface area contributed by atoms with Crippen molar-refractivity contribution < 1.29 is 0 Å². The van der Waals surface area contributed by atoms with E-state index in [0.29, 0.717) is 5.11 Å². The van der Waals surface area contributed by atoms with Gasteiger partial charge in [-0.1, -0.05) is 18.2 Å². The van der Waals surface area contributed by atoms with Gasteiger partial charge in [-0.05, 0) is 49.2 Å². The number of nitrogens with zero attached hydrogens (tertiary/aromatic N) is 1.